The van der Waals surface area contributed by atoms with E-state index in [9.17, 15) is 4.79 Å². The summed E-state index contributed by atoms with van der Waals surface area (Å²) in [5, 5.41) is 11.9. The van der Waals surface area contributed by atoms with Crippen molar-refractivity contribution in [2.45, 2.75) is 13.8 Å². The van der Waals surface area contributed by atoms with Crippen LogP contribution in [0.4, 0.5) is 5.69 Å². The minimum atomic E-state index is -0.618. The monoisotopic (exact) mass is 295 g/mol. The van der Waals surface area contributed by atoms with Gasteiger partial charge in [0.2, 0.25) is 5.91 Å². The summed E-state index contributed by atoms with van der Waals surface area (Å²) in [6, 6.07) is 7.28. The van der Waals surface area contributed by atoms with Crippen molar-refractivity contribution in [3.05, 3.63) is 28.2 Å². The zero-order valence-electron chi connectivity index (χ0n) is 9.75. The Balaban J connectivity index is 2.78. The molecule has 0 aliphatic carbocycles. The molecule has 1 rings (SSSR count). The fourth-order valence-corrected chi connectivity index (χ4v) is 1.65. The summed E-state index contributed by atoms with van der Waals surface area (Å²) in [6.07, 6.45) is 0. The van der Waals surface area contributed by atoms with Crippen LogP contribution in [-0.2, 0) is 4.79 Å². The molecule has 0 unspecified atom stereocenters. The summed E-state index contributed by atoms with van der Waals surface area (Å²) < 4.78 is 0.789. The molecule has 0 heterocycles. The van der Waals surface area contributed by atoms with E-state index >= 15 is 0 Å². The highest BCUT2D eigenvalue weighted by Crippen LogP contribution is 2.25. The Hall–Kier alpha value is -1.54. The van der Waals surface area contributed by atoms with Gasteiger partial charge in [0.05, 0.1) is 17.0 Å². The third-order valence-corrected chi connectivity index (χ3v) is 3.14. The molecule has 1 aromatic carbocycles. The van der Waals surface area contributed by atoms with Gasteiger partial charge in [-0.2, -0.15) is 5.26 Å². The third kappa shape index (κ3) is 3.46. The van der Waals surface area contributed by atoms with Crippen LogP contribution in [0.15, 0.2) is 22.7 Å². The number of carbonyl (C=O) groups excluding carboxylic acids is 1. The van der Waals surface area contributed by atoms with Gasteiger partial charge >= 0.3 is 0 Å². The maximum absolute atomic E-state index is 11.2. The van der Waals surface area contributed by atoms with Crippen molar-refractivity contribution in [3.8, 4) is 6.07 Å². The first-order valence-electron chi connectivity index (χ1n) is 5.10. The first kappa shape index (κ1) is 13.5. The summed E-state index contributed by atoms with van der Waals surface area (Å²) in [7, 11) is 0. The molecule has 0 aliphatic rings. The lowest BCUT2D eigenvalue weighted by molar-refractivity contribution is -0.125. The summed E-state index contributed by atoms with van der Waals surface area (Å²) in [6.45, 7) is 3.99. The molecule has 0 aromatic heterocycles. The molecule has 3 N–H and O–H groups in total. The van der Waals surface area contributed by atoms with Gasteiger partial charge in [0.25, 0.3) is 0 Å². The van der Waals surface area contributed by atoms with Crippen LogP contribution in [0.2, 0.25) is 0 Å². The van der Waals surface area contributed by atoms with Gasteiger partial charge in [0.15, 0.2) is 0 Å². The van der Waals surface area contributed by atoms with E-state index in [-0.39, 0.29) is 5.91 Å². The summed E-state index contributed by atoms with van der Waals surface area (Å²) in [4.78, 5) is 11.2. The molecular formula is C12H14BrN3O. The number of rotatable bonds is 4. The summed E-state index contributed by atoms with van der Waals surface area (Å²) in [5.74, 6) is -0.352. The lowest BCUT2D eigenvalue weighted by Crippen LogP contribution is -2.37. The molecule has 90 valence electrons. The third-order valence-electron chi connectivity index (χ3n) is 2.49. The second-order valence-electron chi connectivity index (χ2n) is 4.41. The van der Waals surface area contributed by atoms with Crippen molar-refractivity contribution < 1.29 is 4.79 Å². The topological polar surface area (TPSA) is 78.9 Å². The number of nitrogens with zero attached hydrogens (tertiary/aromatic N) is 1. The fraction of sp³-hybridized carbons (Fsp3) is 0.333. The first-order chi connectivity index (χ1) is 7.86. The molecule has 5 heteroatoms. The van der Waals surface area contributed by atoms with Crippen LogP contribution in [0.25, 0.3) is 0 Å². The zero-order valence-corrected chi connectivity index (χ0v) is 11.3. The van der Waals surface area contributed by atoms with E-state index in [1.165, 1.54) is 0 Å². The standard InChI is InChI=1S/C12H14BrN3O/c1-12(2,11(15)17)7-16-10-4-3-8(6-14)5-9(10)13/h3-5,16H,7H2,1-2H3,(H2,15,17). The van der Waals surface area contributed by atoms with Crippen LogP contribution in [-0.4, -0.2) is 12.5 Å². The Bertz CT molecular complexity index is 477. The highest BCUT2D eigenvalue weighted by molar-refractivity contribution is 9.10. The highest BCUT2D eigenvalue weighted by atomic mass is 79.9. The molecule has 1 amide bonds. The molecule has 1 aromatic rings. The second-order valence-corrected chi connectivity index (χ2v) is 5.26. The van der Waals surface area contributed by atoms with Crippen LogP contribution in [0.3, 0.4) is 0 Å². The lowest BCUT2D eigenvalue weighted by atomic mass is 9.92. The van der Waals surface area contributed by atoms with Gasteiger partial charge in [-0.3, -0.25) is 4.79 Å². The van der Waals surface area contributed by atoms with E-state index in [2.05, 4.69) is 27.3 Å². The van der Waals surface area contributed by atoms with E-state index in [4.69, 9.17) is 11.0 Å². The van der Waals surface area contributed by atoms with Crippen molar-refractivity contribution in [2.75, 3.05) is 11.9 Å². The van der Waals surface area contributed by atoms with Gasteiger partial charge in [-0.15, -0.1) is 0 Å². The normalized spacial score (nSPS) is 10.7. The number of nitrogens with one attached hydrogen (secondary N) is 1. The molecule has 0 aliphatic heterocycles. The zero-order chi connectivity index (χ0) is 13.1. The van der Waals surface area contributed by atoms with Crippen LogP contribution in [0, 0.1) is 16.7 Å². The van der Waals surface area contributed by atoms with Gasteiger partial charge in [-0.1, -0.05) is 0 Å². The van der Waals surface area contributed by atoms with Gasteiger partial charge in [0.1, 0.15) is 0 Å². The predicted molar refractivity (Wildman–Crippen MR) is 70.3 cm³/mol. The number of halogens is 1. The number of amides is 1. The maximum Gasteiger partial charge on any atom is 0.224 e. The van der Waals surface area contributed by atoms with Gasteiger partial charge in [-0.05, 0) is 48.0 Å². The molecule has 0 spiro atoms. The molecule has 0 atom stereocenters. The number of benzene rings is 1. The number of primary amides is 1. The van der Waals surface area contributed by atoms with Crippen LogP contribution in [0.1, 0.15) is 19.4 Å². The van der Waals surface area contributed by atoms with E-state index in [1.807, 2.05) is 0 Å². The Morgan fingerprint density at radius 3 is 2.71 bits per heavy atom. The van der Waals surface area contributed by atoms with Crippen molar-refractivity contribution in [2.24, 2.45) is 11.1 Å². The second kappa shape index (κ2) is 5.19. The summed E-state index contributed by atoms with van der Waals surface area (Å²) >= 11 is 3.36. The Labute approximate surface area is 109 Å². The van der Waals surface area contributed by atoms with E-state index < -0.39 is 5.41 Å². The first-order valence-corrected chi connectivity index (χ1v) is 5.89. The fourth-order valence-electron chi connectivity index (χ4n) is 1.13. The predicted octanol–water partition coefficient (Wildman–Crippen LogP) is 2.24. The van der Waals surface area contributed by atoms with Crippen molar-refractivity contribution in [1.82, 2.24) is 0 Å². The van der Waals surface area contributed by atoms with Crippen LogP contribution >= 0.6 is 15.9 Å². The highest BCUT2D eigenvalue weighted by Gasteiger charge is 2.24. The Kier molecular flexibility index (Phi) is 4.13. The minimum Gasteiger partial charge on any atom is -0.383 e. The van der Waals surface area contributed by atoms with E-state index in [1.54, 1.807) is 32.0 Å². The molecule has 0 fully saturated rings. The lowest BCUT2D eigenvalue weighted by Gasteiger charge is -2.22. The van der Waals surface area contributed by atoms with E-state index in [0.717, 1.165) is 10.2 Å². The Morgan fingerprint density at radius 1 is 1.59 bits per heavy atom. The Morgan fingerprint density at radius 2 is 2.24 bits per heavy atom. The largest absolute Gasteiger partial charge is 0.383 e. The van der Waals surface area contributed by atoms with E-state index in [0.29, 0.717) is 12.1 Å². The number of nitriles is 1. The molecule has 4 nitrogen and oxygen atoms in total. The quantitative estimate of drug-likeness (QED) is 0.894. The summed E-state index contributed by atoms with van der Waals surface area (Å²) in [5.41, 5.74) is 6.08. The van der Waals surface area contributed by atoms with Crippen molar-refractivity contribution >= 4 is 27.5 Å². The SMILES string of the molecule is CC(C)(CNc1ccc(C#N)cc1Br)C(N)=O. The molecule has 17 heavy (non-hydrogen) atoms. The number of carbonyl (C=O) groups is 1. The molecule has 0 saturated carbocycles. The van der Waals surface area contributed by atoms with Crippen molar-refractivity contribution in [3.63, 3.8) is 0 Å². The molecular weight excluding hydrogens is 282 g/mol. The van der Waals surface area contributed by atoms with Crippen LogP contribution in [0.5, 0.6) is 0 Å². The minimum absolute atomic E-state index is 0.352. The van der Waals surface area contributed by atoms with Crippen LogP contribution < -0.4 is 11.1 Å². The maximum atomic E-state index is 11.2. The molecule has 0 radical (unpaired) electrons. The number of nitrogens with two attached hydrogens (primary N) is 1. The number of hydrogen-bond donors (Lipinski definition) is 2. The number of hydrogen-bond acceptors (Lipinski definition) is 3. The van der Waals surface area contributed by atoms with Gasteiger partial charge in [-0.25, -0.2) is 0 Å². The molecule has 0 bridgehead atoms. The van der Waals surface area contributed by atoms with Gasteiger partial charge in [0, 0.05) is 16.7 Å². The average Bonchev–Trinajstić information content (AvgIpc) is 2.27. The van der Waals surface area contributed by atoms with Crippen molar-refractivity contribution in [1.29, 1.82) is 5.26 Å². The molecule has 0 saturated heterocycles. The average molecular weight is 296 g/mol. The van der Waals surface area contributed by atoms with Gasteiger partial charge < -0.3 is 11.1 Å². The smallest absolute Gasteiger partial charge is 0.224 e. The number of anilines is 1.